The molecule has 196 valence electrons. The predicted molar refractivity (Wildman–Crippen MR) is 144 cm³/mol. The first kappa shape index (κ1) is 27.7. The second-order valence-electron chi connectivity index (χ2n) is 10.1. The fourth-order valence-corrected chi connectivity index (χ4v) is 3.74. The number of nitrogens with one attached hydrogen (secondary N) is 2. The van der Waals surface area contributed by atoms with E-state index in [4.69, 9.17) is 11.6 Å². The number of benzene rings is 2. The number of nitrogens with zero attached hydrogens (tertiary/aromatic N) is 4. The van der Waals surface area contributed by atoms with E-state index in [1.165, 1.54) is 29.2 Å². The average Bonchev–Trinajstić information content (AvgIpc) is 3.23. The van der Waals surface area contributed by atoms with Crippen LogP contribution in [0.25, 0.3) is 5.69 Å². The second kappa shape index (κ2) is 11.4. The van der Waals surface area contributed by atoms with Gasteiger partial charge >= 0.3 is 6.03 Å². The number of carbonyl (C=O) groups is 2. The highest BCUT2D eigenvalue weighted by molar-refractivity contribution is 6.32. The quantitative estimate of drug-likeness (QED) is 0.281. The summed E-state index contributed by atoms with van der Waals surface area (Å²) in [5.74, 6) is 0.119. The van der Waals surface area contributed by atoms with E-state index >= 15 is 0 Å². The van der Waals surface area contributed by atoms with Gasteiger partial charge in [0.2, 0.25) is 5.91 Å². The Hall–Kier alpha value is -3.92. The lowest BCUT2D eigenvalue weighted by atomic mass is 9.92. The smallest absolute Gasteiger partial charge is 0.315 e. The van der Waals surface area contributed by atoms with Gasteiger partial charge in [-0.2, -0.15) is 5.10 Å². The minimum atomic E-state index is -0.514. The van der Waals surface area contributed by atoms with Gasteiger partial charge in [-0.05, 0) is 30.2 Å². The van der Waals surface area contributed by atoms with Crippen LogP contribution < -0.4 is 10.6 Å². The Balaban J connectivity index is 1.81. The van der Waals surface area contributed by atoms with E-state index in [1.54, 1.807) is 22.9 Å². The van der Waals surface area contributed by atoms with Crippen LogP contribution in [-0.2, 0) is 10.2 Å². The number of hydrogen-bond acceptors (Lipinski definition) is 5. The summed E-state index contributed by atoms with van der Waals surface area (Å²) in [5.41, 5.74) is 1.40. The van der Waals surface area contributed by atoms with E-state index in [0.717, 1.165) is 5.69 Å². The largest absolute Gasteiger partial charge is 0.322 e. The molecule has 0 aliphatic heterocycles. The third-order valence-electron chi connectivity index (χ3n) is 5.36. The molecule has 3 amide bonds. The first-order chi connectivity index (χ1) is 17.3. The number of anilines is 2. The molecule has 0 bridgehead atoms. The number of para-hydroxylation sites is 1. The zero-order valence-corrected chi connectivity index (χ0v) is 22.2. The van der Waals surface area contributed by atoms with Crippen LogP contribution in [0.5, 0.6) is 0 Å². The maximum atomic E-state index is 13.1. The van der Waals surface area contributed by atoms with Crippen molar-refractivity contribution in [3.05, 3.63) is 75.4 Å². The van der Waals surface area contributed by atoms with E-state index in [0.29, 0.717) is 28.8 Å². The fraction of sp³-hybridized carbons (Fsp3) is 0.346. The second-order valence-corrected chi connectivity index (χ2v) is 10.5. The van der Waals surface area contributed by atoms with Gasteiger partial charge in [0.25, 0.3) is 5.69 Å². The number of non-ortho nitro benzene ring substituents is 1. The molecule has 2 aromatic carbocycles. The zero-order valence-electron chi connectivity index (χ0n) is 21.5. The lowest BCUT2D eigenvalue weighted by Crippen LogP contribution is -2.42. The van der Waals surface area contributed by atoms with Gasteiger partial charge in [-0.25, -0.2) is 9.48 Å². The van der Waals surface area contributed by atoms with Gasteiger partial charge in [0.1, 0.15) is 12.4 Å². The summed E-state index contributed by atoms with van der Waals surface area (Å²) in [7, 11) is 0. The van der Waals surface area contributed by atoms with Crippen LogP contribution >= 0.6 is 11.6 Å². The number of halogens is 1. The van der Waals surface area contributed by atoms with Crippen LogP contribution in [0.1, 0.15) is 40.3 Å². The van der Waals surface area contributed by atoms with E-state index in [9.17, 15) is 19.7 Å². The lowest BCUT2D eigenvalue weighted by molar-refractivity contribution is -0.384. The summed E-state index contributed by atoms with van der Waals surface area (Å²) in [6.07, 6.45) is 0. The summed E-state index contributed by atoms with van der Waals surface area (Å²) in [4.78, 5) is 37.9. The molecule has 2 N–H and O–H groups in total. The molecule has 1 aromatic heterocycles. The van der Waals surface area contributed by atoms with E-state index in [1.807, 2.05) is 46.8 Å². The molecule has 0 aliphatic rings. The van der Waals surface area contributed by atoms with Crippen molar-refractivity contribution in [3.8, 4) is 5.69 Å². The number of hydrogen-bond donors (Lipinski definition) is 2. The third-order valence-corrected chi connectivity index (χ3v) is 5.68. The van der Waals surface area contributed by atoms with Gasteiger partial charge in [0, 0.05) is 35.8 Å². The van der Waals surface area contributed by atoms with Gasteiger partial charge in [-0.1, -0.05) is 58.4 Å². The standard InChI is InChI=1S/C26H31ClN6O4/c1-17(2)15-31(25(35)28-18-10-12-19(13-11-18)33(36)37)16-24(34)29-23-14-22(26(3,4)5)30-32(23)21-9-7-6-8-20(21)27/h6-14,17H,15-16H2,1-5H3,(H,28,35)(H,29,34). The van der Waals surface area contributed by atoms with Crippen LogP contribution in [-0.4, -0.2) is 44.6 Å². The molecule has 11 heteroatoms. The Morgan fingerprint density at radius 3 is 2.32 bits per heavy atom. The van der Waals surface area contributed by atoms with Crippen molar-refractivity contribution in [1.29, 1.82) is 0 Å². The molecule has 0 aliphatic carbocycles. The molecule has 1 heterocycles. The highest BCUT2D eigenvalue weighted by atomic mass is 35.5. The minimum absolute atomic E-state index is 0.0822. The fourth-order valence-electron chi connectivity index (χ4n) is 3.53. The van der Waals surface area contributed by atoms with Crippen LogP contribution in [0.2, 0.25) is 5.02 Å². The maximum absolute atomic E-state index is 13.1. The molecule has 10 nitrogen and oxygen atoms in total. The van der Waals surface area contributed by atoms with Gasteiger partial charge < -0.3 is 15.5 Å². The Kier molecular flexibility index (Phi) is 8.54. The number of aromatic nitrogens is 2. The molecule has 0 unspecified atom stereocenters. The van der Waals surface area contributed by atoms with Crippen LogP contribution in [0, 0.1) is 16.0 Å². The monoisotopic (exact) mass is 526 g/mol. The van der Waals surface area contributed by atoms with Crippen molar-refractivity contribution >= 4 is 40.7 Å². The molecule has 0 spiro atoms. The molecule has 37 heavy (non-hydrogen) atoms. The molecule has 0 radical (unpaired) electrons. The van der Waals surface area contributed by atoms with Crippen molar-refractivity contribution < 1.29 is 14.5 Å². The van der Waals surface area contributed by atoms with E-state index < -0.39 is 16.9 Å². The van der Waals surface area contributed by atoms with Gasteiger partial charge in [0.05, 0.1) is 21.3 Å². The van der Waals surface area contributed by atoms with E-state index in [-0.39, 0.29) is 23.6 Å². The highest BCUT2D eigenvalue weighted by Crippen LogP contribution is 2.29. The summed E-state index contributed by atoms with van der Waals surface area (Å²) in [6.45, 7) is 10.0. The minimum Gasteiger partial charge on any atom is -0.315 e. The summed E-state index contributed by atoms with van der Waals surface area (Å²) in [5, 5.41) is 21.6. The van der Waals surface area contributed by atoms with Crippen molar-refractivity contribution in [2.45, 2.75) is 40.0 Å². The average molecular weight is 527 g/mol. The normalized spacial score (nSPS) is 11.3. The molecule has 0 saturated carbocycles. The van der Waals surface area contributed by atoms with Crippen molar-refractivity contribution in [3.63, 3.8) is 0 Å². The SMILES string of the molecule is CC(C)CN(CC(=O)Nc1cc(C(C)(C)C)nn1-c1ccccc1Cl)C(=O)Nc1ccc([N+](=O)[O-])cc1. The molecular formula is C26H31ClN6O4. The zero-order chi connectivity index (χ0) is 27.3. The number of amides is 3. The van der Waals surface area contributed by atoms with Gasteiger partial charge in [-0.15, -0.1) is 0 Å². The Morgan fingerprint density at radius 1 is 1.11 bits per heavy atom. The number of nitro groups is 1. The molecular weight excluding hydrogens is 496 g/mol. The Morgan fingerprint density at radius 2 is 1.76 bits per heavy atom. The number of rotatable bonds is 8. The number of urea groups is 1. The molecule has 0 fully saturated rings. The molecule has 3 rings (SSSR count). The maximum Gasteiger partial charge on any atom is 0.322 e. The van der Waals surface area contributed by atoms with Gasteiger partial charge in [-0.3, -0.25) is 14.9 Å². The summed E-state index contributed by atoms with van der Waals surface area (Å²) in [6, 6.07) is 14.0. The van der Waals surface area contributed by atoms with Gasteiger partial charge in [0.15, 0.2) is 0 Å². The van der Waals surface area contributed by atoms with Crippen LogP contribution in [0.4, 0.5) is 22.0 Å². The topological polar surface area (TPSA) is 122 Å². The summed E-state index contributed by atoms with van der Waals surface area (Å²) >= 11 is 6.41. The molecule has 0 saturated heterocycles. The Bertz CT molecular complexity index is 1280. The predicted octanol–water partition coefficient (Wildman–Crippen LogP) is 5.86. The number of carbonyl (C=O) groups excluding carboxylic acids is 2. The van der Waals surface area contributed by atoms with Crippen molar-refractivity contribution in [2.24, 2.45) is 5.92 Å². The van der Waals surface area contributed by atoms with Crippen molar-refractivity contribution in [2.75, 3.05) is 23.7 Å². The highest BCUT2D eigenvalue weighted by Gasteiger charge is 2.24. The molecule has 0 atom stereocenters. The van der Waals surface area contributed by atoms with Crippen LogP contribution in [0.15, 0.2) is 54.6 Å². The Labute approximate surface area is 220 Å². The van der Waals surface area contributed by atoms with E-state index in [2.05, 4.69) is 15.7 Å². The molecule has 3 aromatic rings. The first-order valence-electron chi connectivity index (χ1n) is 11.8. The summed E-state index contributed by atoms with van der Waals surface area (Å²) < 4.78 is 1.59. The first-order valence-corrected chi connectivity index (χ1v) is 12.2. The number of nitro benzene ring substituents is 1. The van der Waals surface area contributed by atoms with Crippen LogP contribution in [0.3, 0.4) is 0 Å². The third kappa shape index (κ3) is 7.29. The van der Waals surface area contributed by atoms with Crippen molar-refractivity contribution in [1.82, 2.24) is 14.7 Å². The lowest BCUT2D eigenvalue weighted by Gasteiger charge is -2.24.